The summed E-state index contributed by atoms with van der Waals surface area (Å²) in [7, 11) is 0. The van der Waals surface area contributed by atoms with E-state index in [0.29, 0.717) is 10.8 Å². The van der Waals surface area contributed by atoms with Crippen LogP contribution in [-0.4, -0.2) is 4.98 Å². The molecule has 2 aliphatic rings. The standard InChI is InChI=1S/C30H33NS/c1-29(2)17-13-22-19-25-24-12-8-9-21(27(24)32-28(25)31-26(22)20-29)14-18-30(15-6-7-16-30)23-10-4-3-5-11-23/h3-5,8-12,19H,6-7,13-18,20H2,1-2H3. The van der Waals surface area contributed by atoms with Gasteiger partial charge in [-0.05, 0) is 78.5 Å². The van der Waals surface area contributed by atoms with E-state index in [9.17, 15) is 0 Å². The summed E-state index contributed by atoms with van der Waals surface area (Å²) >= 11 is 1.93. The average molecular weight is 440 g/mol. The van der Waals surface area contributed by atoms with E-state index in [1.54, 1.807) is 5.56 Å². The highest BCUT2D eigenvalue weighted by molar-refractivity contribution is 7.25. The van der Waals surface area contributed by atoms with E-state index >= 15 is 0 Å². The van der Waals surface area contributed by atoms with E-state index in [0.717, 1.165) is 12.8 Å². The minimum atomic E-state index is 0.364. The molecule has 0 saturated heterocycles. The number of pyridine rings is 1. The third-order valence-corrected chi connectivity index (χ3v) is 9.47. The number of rotatable bonds is 4. The van der Waals surface area contributed by atoms with Crippen molar-refractivity contribution in [1.29, 1.82) is 0 Å². The van der Waals surface area contributed by atoms with Crippen LogP contribution >= 0.6 is 11.3 Å². The molecule has 2 aromatic carbocycles. The molecular weight excluding hydrogens is 406 g/mol. The highest BCUT2D eigenvalue weighted by atomic mass is 32.1. The normalized spacial score (nSPS) is 19.4. The summed E-state index contributed by atoms with van der Waals surface area (Å²) in [6.07, 6.45) is 11.4. The first-order chi connectivity index (χ1) is 15.5. The highest BCUT2D eigenvalue weighted by Gasteiger charge is 2.35. The fraction of sp³-hybridized carbons (Fsp3) is 0.433. The Morgan fingerprint density at radius 1 is 0.906 bits per heavy atom. The summed E-state index contributed by atoms with van der Waals surface area (Å²) in [5.74, 6) is 0. The van der Waals surface area contributed by atoms with Gasteiger partial charge in [-0.25, -0.2) is 4.98 Å². The van der Waals surface area contributed by atoms with Crippen molar-refractivity contribution in [2.45, 2.75) is 77.0 Å². The zero-order valence-corrected chi connectivity index (χ0v) is 20.2. The fourth-order valence-corrected chi connectivity index (χ4v) is 7.56. The summed E-state index contributed by atoms with van der Waals surface area (Å²) < 4.78 is 1.47. The Labute approximate surface area is 195 Å². The molecule has 164 valence electrons. The fourth-order valence-electron chi connectivity index (χ4n) is 6.34. The quantitative estimate of drug-likeness (QED) is 0.311. The molecule has 1 nitrogen and oxygen atoms in total. The molecule has 2 aliphatic carbocycles. The van der Waals surface area contributed by atoms with Gasteiger partial charge in [0.15, 0.2) is 0 Å². The number of hydrogen-bond acceptors (Lipinski definition) is 2. The molecule has 0 radical (unpaired) electrons. The summed E-state index contributed by atoms with van der Waals surface area (Å²) in [4.78, 5) is 6.45. The van der Waals surface area contributed by atoms with E-state index in [1.807, 2.05) is 11.3 Å². The first-order valence-electron chi connectivity index (χ1n) is 12.4. The summed E-state index contributed by atoms with van der Waals surface area (Å²) in [5.41, 5.74) is 6.64. The Kier molecular flexibility index (Phi) is 4.91. The van der Waals surface area contributed by atoms with Gasteiger partial charge in [-0.1, -0.05) is 75.2 Å². The minimum Gasteiger partial charge on any atom is -0.242 e. The molecule has 2 aromatic heterocycles. The predicted molar refractivity (Wildman–Crippen MR) is 138 cm³/mol. The zero-order chi connectivity index (χ0) is 21.8. The van der Waals surface area contributed by atoms with E-state index < -0.39 is 0 Å². The van der Waals surface area contributed by atoms with Gasteiger partial charge in [0, 0.05) is 21.2 Å². The van der Waals surface area contributed by atoms with Crippen LogP contribution < -0.4 is 0 Å². The van der Waals surface area contributed by atoms with Crippen LogP contribution in [0.25, 0.3) is 20.3 Å². The molecule has 32 heavy (non-hydrogen) atoms. The van der Waals surface area contributed by atoms with Crippen molar-refractivity contribution < 1.29 is 0 Å². The zero-order valence-electron chi connectivity index (χ0n) is 19.4. The molecule has 4 aromatic rings. The van der Waals surface area contributed by atoms with E-state index in [4.69, 9.17) is 4.98 Å². The Hall–Kier alpha value is -2.19. The molecule has 2 heteroatoms. The second-order valence-electron chi connectivity index (χ2n) is 11.0. The van der Waals surface area contributed by atoms with E-state index in [1.165, 1.54) is 82.1 Å². The number of hydrogen-bond donors (Lipinski definition) is 0. The van der Waals surface area contributed by atoms with Gasteiger partial charge in [0.2, 0.25) is 0 Å². The molecule has 2 heterocycles. The first kappa shape index (κ1) is 20.4. The maximum atomic E-state index is 5.21. The van der Waals surface area contributed by atoms with Gasteiger partial charge < -0.3 is 0 Å². The maximum absolute atomic E-state index is 5.21. The Morgan fingerprint density at radius 3 is 2.53 bits per heavy atom. The lowest BCUT2D eigenvalue weighted by Gasteiger charge is -2.30. The molecule has 6 rings (SSSR count). The largest absolute Gasteiger partial charge is 0.242 e. The molecule has 0 bridgehead atoms. The van der Waals surface area contributed by atoms with Crippen LogP contribution in [0.5, 0.6) is 0 Å². The monoisotopic (exact) mass is 439 g/mol. The molecule has 0 amide bonds. The van der Waals surface area contributed by atoms with Crippen molar-refractivity contribution in [3.63, 3.8) is 0 Å². The molecule has 0 N–H and O–H groups in total. The minimum absolute atomic E-state index is 0.364. The maximum Gasteiger partial charge on any atom is 0.124 e. The lowest BCUT2D eigenvalue weighted by atomic mass is 9.74. The molecule has 1 saturated carbocycles. The SMILES string of the molecule is CC1(C)CCc2cc3c(nc2C1)sc1c(CCC2(c4ccccc4)CCCC2)cccc13. The van der Waals surface area contributed by atoms with Gasteiger partial charge >= 0.3 is 0 Å². The average Bonchev–Trinajstić information content (AvgIpc) is 3.42. The van der Waals surface area contributed by atoms with Crippen LogP contribution in [-0.2, 0) is 24.7 Å². The van der Waals surface area contributed by atoms with Crippen LogP contribution in [0.1, 0.15) is 74.8 Å². The number of fused-ring (bicyclic) bond motifs is 4. The Balaban J connectivity index is 1.37. The first-order valence-corrected chi connectivity index (χ1v) is 13.2. The third kappa shape index (κ3) is 3.48. The van der Waals surface area contributed by atoms with Crippen molar-refractivity contribution in [2.24, 2.45) is 5.41 Å². The summed E-state index contributed by atoms with van der Waals surface area (Å²) in [5, 5.41) is 2.80. The molecular formula is C30H33NS. The summed E-state index contributed by atoms with van der Waals surface area (Å²) in [6.45, 7) is 4.77. The van der Waals surface area contributed by atoms with Gasteiger partial charge in [0.05, 0.1) is 0 Å². The Morgan fingerprint density at radius 2 is 1.72 bits per heavy atom. The molecule has 1 fully saturated rings. The summed E-state index contributed by atoms with van der Waals surface area (Å²) in [6, 6.07) is 20.7. The molecule has 0 atom stereocenters. The second-order valence-corrected chi connectivity index (χ2v) is 12.0. The third-order valence-electron chi connectivity index (χ3n) is 8.28. The number of nitrogens with zero attached hydrogens (tertiary/aromatic N) is 1. The number of aromatic nitrogens is 1. The predicted octanol–water partition coefficient (Wildman–Crippen LogP) is 8.41. The van der Waals surface area contributed by atoms with Crippen LogP contribution in [0.15, 0.2) is 54.6 Å². The van der Waals surface area contributed by atoms with Crippen molar-refractivity contribution in [3.05, 3.63) is 77.0 Å². The molecule has 0 aliphatic heterocycles. The van der Waals surface area contributed by atoms with Gasteiger partial charge in [-0.15, -0.1) is 11.3 Å². The lowest BCUT2D eigenvalue weighted by Crippen LogP contribution is -2.23. The smallest absolute Gasteiger partial charge is 0.124 e. The second kappa shape index (κ2) is 7.70. The van der Waals surface area contributed by atoms with Crippen molar-refractivity contribution >= 4 is 31.6 Å². The number of benzene rings is 2. The van der Waals surface area contributed by atoms with Crippen LogP contribution in [0.4, 0.5) is 0 Å². The Bertz CT molecular complexity index is 1270. The van der Waals surface area contributed by atoms with Crippen LogP contribution in [0, 0.1) is 5.41 Å². The molecule has 0 unspecified atom stereocenters. The number of aryl methyl sites for hydroxylation is 2. The van der Waals surface area contributed by atoms with Gasteiger partial charge in [-0.3, -0.25) is 0 Å². The van der Waals surface area contributed by atoms with Crippen LogP contribution in [0.2, 0.25) is 0 Å². The van der Waals surface area contributed by atoms with E-state index in [2.05, 4.69) is 68.4 Å². The number of thiophene rings is 1. The van der Waals surface area contributed by atoms with Crippen LogP contribution in [0.3, 0.4) is 0 Å². The molecule has 0 spiro atoms. The van der Waals surface area contributed by atoms with Crippen molar-refractivity contribution in [2.75, 3.05) is 0 Å². The van der Waals surface area contributed by atoms with Gasteiger partial charge in [-0.2, -0.15) is 0 Å². The van der Waals surface area contributed by atoms with Gasteiger partial charge in [0.25, 0.3) is 0 Å². The van der Waals surface area contributed by atoms with Crippen molar-refractivity contribution in [3.8, 4) is 0 Å². The lowest BCUT2D eigenvalue weighted by molar-refractivity contribution is 0.311. The van der Waals surface area contributed by atoms with E-state index in [-0.39, 0.29) is 0 Å². The van der Waals surface area contributed by atoms with Gasteiger partial charge in [0.1, 0.15) is 4.83 Å². The van der Waals surface area contributed by atoms with Crippen molar-refractivity contribution in [1.82, 2.24) is 4.98 Å². The highest BCUT2D eigenvalue weighted by Crippen LogP contribution is 2.46. The topological polar surface area (TPSA) is 12.9 Å².